The Morgan fingerprint density at radius 3 is 2.79 bits per heavy atom. The van der Waals surface area contributed by atoms with Crippen molar-refractivity contribution in [1.29, 1.82) is 0 Å². The SMILES string of the molecule is CCC1CCC(CN)C(c2c(Cl)cnn2C(C)C)C1. The van der Waals surface area contributed by atoms with E-state index in [1.54, 1.807) is 6.20 Å². The maximum atomic E-state index is 6.41. The molecule has 1 aromatic heterocycles. The highest BCUT2D eigenvalue weighted by atomic mass is 35.5. The van der Waals surface area contributed by atoms with Crippen molar-refractivity contribution in [2.45, 2.75) is 58.4 Å². The van der Waals surface area contributed by atoms with E-state index in [1.165, 1.54) is 31.4 Å². The molecule has 0 saturated heterocycles. The molecule has 2 rings (SSSR count). The van der Waals surface area contributed by atoms with E-state index in [4.69, 9.17) is 17.3 Å². The van der Waals surface area contributed by atoms with Gasteiger partial charge in [0.1, 0.15) is 0 Å². The summed E-state index contributed by atoms with van der Waals surface area (Å²) in [5.74, 6) is 1.83. The molecule has 1 saturated carbocycles. The van der Waals surface area contributed by atoms with Crippen molar-refractivity contribution in [3.8, 4) is 0 Å². The minimum absolute atomic E-state index is 0.350. The molecule has 3 atom stereocenters. The largest absolute Gasteiger partial charge is 0.330 e. The van der Waals surface area contributed by atoms with Crippen LogP contribution in [0.4, 0.5) is 0 Å². The van der Waals surface area contributed by atoms with Crippen LogP contribution in [0, 0.1) is 11.8 Å². The Hall–Kier alpha value is -0.540. The molecular weight excluding hydrogens is 258 g/mol. The van der Waals surface area contributed by atoms with Crippen LogP contribution in [-0.2, 0) is 0 Å². The lowest BCUT2D eigenvalue weighted by Crippen LogP contribution is -2.30. The molecule has 1 aliphatic carbocycles. The average molecular weight is 284 g/mol. The molecule has 2 N–H and O–H groups in total. The normalized spacial score (nSPS) is 28.0. The summed E-state index contributed by atoms with van der Waals surface area (Å²) in [6.07, 6.45) is 6.78. The molecule has 1 aromatic rings. The summed E-state index contributed by atoms with van der Waals surface area (Å²) in [5, 5.41) is 5.27. The monoisotopic (exact) mass is 283 g/mol. The number of aromatic nitrogens is 2. The smallest absolute Gasteiger partial charge is 0.0820 e. The second-order valence-electron chi connectivity index (χ2n) is 6.11. The van der Waals surface area contributed by atoms with Gasteiger partial charge in [0.15, 0.2) is 0 Å². The molecule has 0 radical (unpaired) electrons. The standard InChI is InChI=1S/C15H26ClN3/c1-4-11-5-6-12(8-17)13(7-11)15-14(16)9-18-19(15)10(2)3/h9-13H,4-8,17H2,1-3H3. The Balaban J connectivity index is 2.33. The summed E-state index contributed by atoms with van der Waals surface area (Å²) in [6.45, 7) is 7.35. The van der Waals surface area contributed by atoms with E-state index in [0.717, 1.165) is 17.5 Å². The van der Waals surface area contributed by atoms with Crippen LogP contribution >= 0.6 is 11.6 Å². The van der Waals surface area contributed by atoms with Gasteiger partial charge in [-0.2, -0.15) is 5.10 Å². The van der Waals surface area contributed by atoms with E-state index in [2.05, 4.69) is 30.6 Å². The Morgan fingerprint density at radius 1 is 1.47 bits per heavy atom. The number of nitrogens with two attached hydrogens (primary N) is 1. The topological polar surface area (TPSA) is 43.8 Å². The zero-order valence-electron chi connectivity index (χ0n) is 12.3. The van der Waals surface area contributed by atoms with E-state index < -0.39 is 0 Å². The molecule has 0 spiro atoms. The van der Waals surface area contributed by atoms with Gasteiger partial charge >= 0.3 is 0 Å². The Morgan fingerprint density at radius 2 is 2.21 bits per heavy atom. The molecular formula is C15H26ClN3. The van der Waals surface area contributed by atoms with Gasteiger partial charge in [-0.3, -0.25) is 4.68 Å². The first-order chi connectivity index (χ1) is 9.08. The fourth-order valence-corrected chi connectivity index (χ4v) is 3.69. The van der Waals surface area contributed by atoms with Gasteiger partial charge in [0, 0.05) is 12.0 Å². The Kier molecular flexibility index (Phi) is 4.91. The van der Waals surface area contributed by atoms with Crippen molar-refractivity contribution in [1.82, 2.24) is 9.78 Å². The van der Waals surface area contributed by atoms with Crippen LogP contribution in [0.25, 0.3) is 0 Å². The van der Waals surface area contributed by atoms with Crippen molar-refractivity contribution in [2.24, 2.45) is 17.6 Å². The fraction of sp³-hybridized carbons (Fsp3) is 0.800. The van der Waals surface area contributed by atoms with Crippen molar-refractivity contribution < 1.29 is 0 Å². The minimum Gasteiger partial charge on any atom is -0.330 e. The van der Waals surface area contributed by atoms with Crippen molar-refractivity contribution in [3.05, 3.63) is 16.9 Å². The first-order valence-electron chi connectivity index (χ1n) is 7.51. The second-order valence-corrected chi connectivity index (χ2v) is 6.51. The van der Waals surface area contributed by atoms with Gasteiger partial charge in [0.25, 0.3) is 0 Å². The summed E-state index contributed by atoms with van der Waals surface area (Å²) in [4.78, 5) is 0. The highest BCUT2D eigenvalue weighted by molar-refractivity contribution is 6.31. The van der Waals surface area contributed by atoms with Gasteiger partial charge in [-0.25, -0.2) is 0 Å². The molecule has 1 heterocycles. The molecule has 108 valence electrons. The van der Waals surface area contributed by atoms with Crippen LogP contribution in [-0.4, -0.2) is 16.3 Å². The van der Waals surface area contributed by atoms with E-state index in [-0.39, 0.29) is 0 Å². The van der Waals surface area contributed by atoms with Crippen molar-refractivity contribution in [3.63, 3.8) is 0 Å². The summed E-state index contributed by atoms with van der Waals surface area (Å²) < 4.78 is 2.09. The van der Waals surface area contributed by atoms with E-state index in [0.29, 0.717) is 17.9 Å². The van der Waals surface area contributed by atoms with Crippen LogP contribution in [0.15, 0.2) is 6.20 Å². The Bertz CT molecular complexity index is 414. The highest BCUT2D eigenvalue weighted by Gasteiger charge is 2.34. The fourth-order valence-electron chi connectivity index (χ4n) is 3.42. The number of hydrogen-bond donors (Lipinski definition) is 1. The molecule has 3 unspecified atom stereocenters. The second kappa shape index (κ2) is 6.27. The number of rotatable bonds is 4. The third kappa shape index (κ3) is 2.97. The average Bonchev–Trinajstić information content (AvgIpc) is 2.80. The van der Waals surface area contributed by atoms with Crippen LogP contribution in [0.1, 0.15) is 64.1 Å². The van der Waals surface area contributed by atoms with E-state index in [9.17, 15) is 0 Å². The van der Waals surface area contributed by atoms with Gasteiger partial charge in [-0.15, -0.1) is 0 Å². The van der Waals surface area contributed by atoms with Crippen LogP contribution in [0.3, 0.4) is 0 Å². The maximum absolute atomic E-state index is 6.41. The summed E-state index contributed by atoms with van der Waals surface area (Å²) in [7, 11) is 0. The van der Waals surface area contributed by atoms with Gasteiger partial charge in [-0.05, 0) is 45.1 Å². The molecule has 3 nitrogen and oxygen atoms in total. The molecule has 1 fully saturated rings. The molecule has 0 aliphatic heterocycles. The van der Waals surface area contributed by atoms with Crippen LogP contribution in [0.5, 0.6) is 0 Å². The van der Waals surface area contributed by atoms with Gasteiger partial charge in [0.05, 0.1) is 16.9 Å². The third-order valence-corrected chi connectivity index (χ3v) is 4.90. The summed E-state index contributed by atoms with van der Waals surface area (Å²) in [5.41, 5.74) is 7.20. The number of hydrogen-bond acceptors (Lipinski definition) is 2. The first-order valence-corrected chi connectivity index (χ1v) is 7.89. The van der Waals surface area contributed by atoms with Crippen LogP contribution in [0.2, 0.25) is 5.02 Å². The Labute approximate surface area is 121 Å². The number of halogens is 1. The zero-order chi connectivity index (χ0) is 14.0. The lowest BCUT2D eigenvalue weighted by atomic mass is 9.72. The van der Waals surface area contributed by atoms with Gasteiger partial charge in [-0.1, -0.05) is 31.4 Å². The lowest BCUT2D eigenvalue weighted by Gasteiger charge is -2.36. The molecule has 4 heteroatoms. The predicted octanol–water partition coefficient (Wildman–Crippen LogP) is 3.99. The lowest BCUT2D eigenvalue weighted by molar-refractivity contribution is 0.225. The molecule has 0 amide bonds. The van der Waals surface area contributed by atoms with Gasteiger partial charge < -0.3 is 5.73 Å². The molecule has 0 aromatic carbocycles. The third-order valence-electron chi connectivity index (χ3n) is 4.61. The van der Waals surface area contributed by atoms with Crippen molar-refractivity contribution >= 4 is 11.6 Å². The first kappa shape index (κ1) is 14.9. The minimum atomic E-state index is 0.350. The maximum Gasteiger partial charge on any atom is 0.0820 e. The number of nitrogens with zero attached hydrogens (tertiary/aromatic N) is 2. The quantitative estimate of drug-likeness (QED) is 0.908. The summed E-state index contributed by atoms with van der Waals surface area (Å²) >= 11 is 6.41. The van der Waals surface area contributed by atoms with E-state index in [1.807, 2.05) is 0 Å². The molecule has 19 heavy (non-hydrogen) atoms. The zero-order valence-corrected chi connectivity index (χ0v) is 13.0. The highest BCUT2D eigenvalue weighted by Crippen LogP contribution is 2.43. The van der Waals surface area contributed by atoms with Crippen LogP contribution < -0.4 is 5.73 Å². The molecule has 1 aliphatic rings. The van der Waals surface area contributed by atoms with E-state index >= 15 is 0 Å². The van der Waals surface area contributed by atoms with Gasteiger partial charge in [0.2, 0.25) is 0 Å². The van der Waals surface area contributed by atoms with Crippen molar-refractivity contribution in [2.75, 3.05) is 6.54 Å². The predicted molar refractivity (Wildman–Crippen MR) is 80.5 cm³/mol. The molecule has 0 bridgehead atoms. The summed E-state index contributed by atoms with van der Waals surface area (Å²) in [6, 6.07) is 0.350.